The molecule has 11 heteroatoms. The Kier molecular flexibility index (Phi) is 6.16. The maximum absolute atomic E-state index is 13.1. The molecule has 1 atom stereocenters. The van der Waals surface area contributed by atoms with E-state index in [-0.39, 0.29) is 27.3 Å². The third-order valence-corrected chi connectivity index (χ3v) is 3.97. The van der Waals surface area contributed by atoms with Gasteiger partial charge in [-0.2, -0.15) is 0 Å². The van der Waals surface area contributed by atoms with Gasteiger partial charge in [-0.1, -0.05) is 28.5 Å². The van der Waals surface area contributed by atoms with Crippen molar-refractivity contribution in [3.05, 3.63) is 34.7 Å². The van der Waals surface area contributed by atoms with Crippen molar-refractivity contribution in [2.75, 3.05) is 17.7 Å². The van der Waals surface area contributed by atoms with Gasteiger partial charge in [-0.05, 0) is 28.5 Å². The van der Waals surface area contributed by atoms with Crippen LogP contribution in [0, 0.1) is 5.82 Å². The quantitative estimate of drug-likeness (QED) is 0.201. The second-order valence-corrected chi connectivity index (χ2v) is 5.68. The minimum Gasteiger partial charge on any atom is -0.409 e. The fourth-order valence-electron chi connectivity index (χ4n) is 1.49. The largest absolute Gasteiger partial charge is 0.409 e. The summed E-state index contributed by atoms with van der Waals surface area (Å²) in [6, 6.07) is 3.84. The van der Waals surface area contributed by atoms with Gasteiger partial charge in [0.1, 0.15) is 5.82 Å². The lowest BCUT2D eigenvalue weighted by atomic mass is 10.3. The van der Waals surface area contributed by atoms with E-state index in [1.807, 2.05) is 0 Å². The fraction of sp³-hybridized carbons (Fsp3) is 0.250. The van der Waals surface area contributed by atoms with E-state index < -0.39 is 18.5 Å². The number of anilines is 1. The van der Waals surface area contributed by atoms with Crippen LogP contribution in [0.5, 0.6) is 0 Å². The molecule has 0 saturated heterocycles. The average Bonchev–Trinajstić information content (AvgIpc) is 3.01. The highest BCUT2D eigenvalue weighted by molar-refractivity contribution is 7.99. The van der Waals surface area contributed by atoms with Crippen LogP contribution in [-0.2, 0) is 0 Å². The lowest BCUT2D eigenvalue weighted by Gasteiger charge is -2.08. The highest BCUT2D eigenvalue weighted by Gasteiger charge is 2.19. The van der Waals surface area contributed by atoms with Crippen LogP contribution in [0.15, 0.2) is 33.0 Å². The Hall–Kier alpha value is -1.88. The molecule has 0 saturated carbocycles. The van der Waals surface area contributed by atoms with Crippen LogP contribution < -0.4 is 5.32 Å². The third kappa shape index (κ3) is 4.55. The minimum atomic E-state index is -0.942. The van der Waals surface area contributed by atoms with E-state index in [0.717, 1.165) is 17.8 Å². The number of aliphatic hydroxyl groups excluding tert-OH is 2. The Morgan fingerprint density at radius 1 is 1.48 bits per heavy atom. The van der Waals surface area contributed by atoms with Crippen LogP contribution >= 0.6 is 23.4 Å². The number of aromatic nitrogens is 2. The van der Waals surface area contributed by atoms with Crippen LogP contribution in [0.4, 0.5) is 10.1 Å². The van der Waals surface area contributed by atoms with E-state index >= 15 is 0 Å². The fourth-order valence-corrected chi connectivity index (χ4v) is 2.48. The molecule has 2 rings (SSSR count). The van der Waals surface area contributed by atoms with Crippen LogP contribution in [0.2, 0.25) is 5.02 Å². The first-order valence-corrected chi connectivity index (χ1v) is 7.60. The van der Waals surface area contributed by atoms with E-state index in [9.17, 15) is 9.50 Å². The summed E-state index contributed by atoms with van der Waals surface area (Å²) in [6.07, 6.45) is -0.942. The molecule has 0 unspecified atom stereocenters. The molecule has 4 N–H and O–H groups in total. The third-order valence-electron chi connectivity index (χ3n) is 2.59. The first-order valence-electron chi connectivity index (χ1n) is 6.24. The Bertz CT molecular complexity index is 699. The van der Waals surface area contributed by atoms with Crippen molar-refractivity contribution in [3.63, 3.8) is 0 Å². The predicted molar refractivity (Wildman–Crippen MR) is 81.5 cm³/mol. The summed E-state index contributed by atoms with van der Waals surface area (Å²) in [5, 5.41) is 40.4. The number of benzene rings is 1. The van der Waals surface area contributed by atoms with Crippen LogP contribution in [0.1, 0.15) is 5.69 Å². The molecule has 0 radical (unpaired) electrons. The molecule has 23 heavy (non-hydrogen) atoms. The second kappa shape index (κ2) is 8.11. The number of hydrogen-bond donors (Lipinski definition) is 4. The number of nitrogens with one attached hydrogen (secondary N) is 1. The maximum atomic E-state index is 13.1. The highest BCUT2D eigenvalue weighted by Crippen LogP contribution is 2.23. The summed E-state index contributed by atoms with van der Waals surface area (Å²) in [5.41, 5.74) is 0.446. The molecular weight excluding hydrogens is 351 g/mol. The van der Waals surface area contributed by atoms with Crippen molar-refractivity contribution in [1.82, 2.24) is 10.3 Å². The van der Waals surface area contributed by atoms with Gasteiger partial charge in [0, 0.05) is 11.4 Å². The number of rotatable bonds is 6. The van der Waals surface area contributed by atoms with E-state index in [1.54, 1.807) is 0 Å². The summed E-state index contributed by atoms with van der Waals surface area (Å²) >= 11 is 6.73. The molecule has 1 heterocycles. The SMILES string of the molecule is OC[C@@H](O)CSc1nonc1/C(=N/O)Nc1ccc(F)c(Cl)c1. The van der Waals surface area contributed by atoms with Crippen molar-refractivity contribution >= 4 is 34.9 Å². The van der Waals surface area contributed by atoms with Crippen molar-refractivity contribution in [2.45, 2.75) is 11.1 Å². The molecule has 0 spiro atoms. The Labute approximate surface area is 138 Å². The van der Waals surface area contributed by atoms with Gasteiger partial charge >= 0.3 is 0 Å². The van der Waals surface area contributed by atoms with Gasteiger partial charge in [0.2, 0.25) is 5.84 Å². The van der Waals surface area contributed by atoms with Crippen LogP contribution in [0.25, 0.3) is 0 Å². The van der Waals surface area contributed by atoms with Crippen molar-refractivity contribution in [1.29, 1.82) is 0 Å². The molecule has 124 valence electrons. The topological polar surface area (TPSA) is 124 Å². The predicted octanol–water partition coefficient (Wildman–Crippen LogP) is 1.56. The first-order chi connectivity index (χ1) is 11.0. The van der Waals surface area contributed by atoms with Gasteiger partial charge in [-0.25, -0.2) is 9.02 Å². The standard InChI is InChI=1S/C12H12ClFN4O4S/c13-8-3-6(1-2-9(8)14)15-11(16-21)10-12(18-22-17-10)23-5-7(20)4-19/h1-3,7,19-21H,4-5H2,(H,15,16)/t7-/m1/s1. The molecule has 1 aromatic heterocycles. The highest BCUT2D eigenvalue weighted by atomic mass is 35.5. The van der Waals surface area contributed by atoms with Crippen LogP contribution in [-0.4, -0.2) is 50.0 Å². The maximum Gasteiger partial charge on any atom is 0.202 e. The normalized spacial score (nSPS) is 13.1. The molecule has 0 aliphatic rings. The number of thioether (sulfide) groups is 1. The lowest BCUT2D eigenvalue weighted by molar-refractivity contribution is 0.113. The Morgan fingerprint density at radius 3 is 2.91 bits per heavy atom. The molecule has 0 bridgehead atoms. The van der Waals surface area contributed by atoms with E-state index in [0.29, 0.717) is 5.69 Å². The Balaban J connectivity index is 2.15. The number of amidine groups is 1. The van der Waals surface area contributed by atoms with E-state index in [2.05, 4.69) is 25.4 Å². The molecule has 0 aliphatic heterocycles. The smallest absolute Gasteiger partial charge is 0.202 e. The van der Waals surface area contributed by atoms with E-state index in [1.165, 1.54) is 12.1 Å². The molecule has 8 nitrogen and oxygen atoms in total. The van der Waals surface area contributed by atoms with Gasteiger partial charge in [0.05, 0.1) is 17.7 Å². The van der Waals surface area contributed by atoms with Gasteiger partial charge in [-0.3, -0.25) is 0 Å². The lowest BCUT2D eigenvalue weighted by Crippen LogP contribution is -2.17. The monoisotopic (exact) mass is 362 g/mol. The minimum absolute atomic E-state index is 0.0862. The molecular formula is C12H12ClFN4O4S. The molecule has 0 amide bonds. The first kappa shape index (κ1) is 17.5. The van der Waals surface area contributed by atoms with Crippen LogP contribution in [0.3, 0.4) is 0 Å². The zero-order valence-electron chi connectivity index (χ0n) is 11.5. The second-order valence-electron chi connectivity index (χ2n) is 4.27. The summed E-state index contributed by atoms with van der Waals surface area (Å²) in [7, 11) is 0. The summed E-state index contributed by atoms with van der Waals surface area (Å²) in [4.78, 5) is 0. The number of aliphatic hydroxyl groups is 2. The molecule has 1 aromatic carbocycles. The molecule has 0 fully saturated rings. The summed E-state index contributed by atoms with van der Waals surface area (Å²) in [5.74, 6) is -0.550. The number of nitrogens with zero attached hydrogens (tertiary/aromatic N) is 3. The zero-order chi connectivity index (χ0) is 16.8. The van der Waals surface area contributed by atoms with Crippen molar-refractivity contribution in [3.8, 4) is 0 Å². The van der Waals surface area contributed by atoms with Crippen molar-refractivity contribution in [2.24, 2.45) is 5.16 Å². The number of halogens is 2. The number of oxime groups is 1. The van der Waals surface area contributed by atoms with E-state index in [4.69, 9.17) is 21.9 Å². The van der Waals surface area contributed by atoms with Crippen molar-refractivity contribution < 1.29 is 24.4 Å². The summed E-state index contributed by atoms with van der Waals surface area (Å²) < 4.78 is 17.7. The van der Waals surface area contributed by atoms with Gasteiger partial charge in [0.15, 0.2) is 10.7 Å². The zero-order valence-corrected chi connectivity index (χ0v) is 13.1. The van der Waals surface area contributed by atoms with Gasteiger partial charge in [-0.15, -0.1) is 0 Å². The Morgan fingerprint density at radius 2 is 2.26 bits per heavy atom. The molecule has 2 aromatic rings. The average molecular weight is 363 g/mol. The van der Waals surface area contributed by atoms with Gasteiger partial charge in [0.25, 0.3) is 0 Å². The molecule has 0 aliphatic carbocycles. The van der Waals surface area contributed by atoms with Gasteiger partial charge < -0.3 is 20.7 Å². The number of hydrogen-bond acceptors (Lipinski definition) is 8. The summed E-state index contributed by atoms with van der Waals surface area (Å²) in [6.45, 7) is -0.402.